The van der Waals surface area contributed by atoms with Crippen LogP contribution in [-0.4, -0.2) is 42.8 Å². The van der Waals surface area contributed by atoms with Gasteiger partial charge in [-0.15, -0.1) is 0 Å². The maximum atomic E-state index is 13.2. The molecule has 0 spiro atoms. The molecule has 2 atom stereocenters. The topological polar surface area (TPSA) is 35.5 Å². The molecule has 1 aliphatic rings. The van der Waals surface area contributed by atoms with Crippen LogP contribution in [0.3, 0.4) is 0 Å². The highest BCUT2D eigenvalue weighted by Gasteiger charge is 2.21. The van der Waals surface area contributed by atoms with Gasteiger partial charge in [0.25, 0.3) is 0 Å². The molecule has 0 radical (unpaired) electrons. The normalized spacial score (nSPS) is 21.8. The van der Waals surface area contributed by atoms with Crippen molar-refractivity contribution in [3.8, 4) is 0 Å². The molecule has 19 heavy (non-hydrogen) atoms. The third-order valence-electron chi connectivity index (χ3n) is 3.62. The molecule has 1 saturated heterocycles. The first-order chi connectivity index (χ1) is 9.08. The quantitative estimate of drug-likeness (QED) is 0.854. The minimum absolute atomic E-state index is 0.0806. The first-order valence-electron chi connectivity index (χ1n) is 6.62. The number of halogens is 2. The highest BCUT2D eigenvalue weighted by molar-refractivity contribution is 5.21. The van der Waals surface area contributed by atoms with E-state index in [1.165, 1.54) is 12.1 Å². The van der Waals surface area contributed by atoms with Crippen LogP contribution in [0.4, 0.5) is 8.78 Å². The smallest absolute Gasteiger partial charge is 0.126 e. The van der Waals surface area contributed by atoms with Gasteiger partial charge >= 0.3 is 0 Å². The minimum atomic E-state index is -0.549. The molecule has 1 fully saturated rings. The van der Waals surface area contributed by atoms with E-state index in [2.05, 4.69) is 10.2 Å². The molecule has 2 unspecified atom stereocenters. The second-order valence-corrected chi connectivity index (χ2v) is 5.08. The second-order valence-electron chi connectivity index (χ2n) is 5.08. The van der Waals surface area contributed by atoms with Crippen LogP contribution < -0.4 is 5.32 Å². The van der Waals surface area contributed by atoms with Crippen LogP contribution in [0.1, 0.15) is 24.4 Å². The molecule has 1 aliphatic heterocycles. The number of aliphatic hydroxyl groups excluding tert-OH is 1. The number of nitrogens with zero attached hydrogens (tertiary/aromatic N) is 1. The summed E-state index contributed by atoms with van der Waals surface area (Å²) in [7, 11) is 1.78. The molecule has 1 heterocycles. The van der Waals surface area contributed by atoms with Gasteiger partial charge in [0.15, 0.2) is 0 Å². The van der Waals surface area contributed by atoms with Crippen LogP contribution in [0.5, 0.6) is 0 Å². The van der Waals surface area contributed by atoms with Crippen molar-refractivity contribution >= 4 is 0 Å². The first-order valence-corrected chi connectivity index (χ1v) is 6.62. The fraction of sp³-hybridized carbons (Fsp3) is 0.571. The lowest BCUT2D eigenvalue weighted by molar-refractivity contribution is 0.175. The number of rotatable bonds is 5. The number of aliphatic hydroxyl groups is 1. The van der Waals surface area contributed by atoms with Crippen molar-refractivity contribution in [2.75, 3.05) is 26.7 Å². The number of nitrogens with one attached hydrogen (secondary N) is 1. The molecule has 0 aliphatic carbocycles. The predicted octanol–water partition coefficient (Wildman–Crippen LogP) is 1.68. The van der Waals surface area contributed by atoms with Crippen LogP contribution in [0, 0.1) is 11.6 Å². The molecule has 0 aromatic heterocycles. The maximum Gasteiger partial charge on any atom is 0.126 e. The average Bonchev–Trinajstić information content (AvgIpc) is 2.75. The van der Waals surface area contributed by atoms with E-state index in [4.69, 9.17) is 0 Å². The molecule has 0 amide bonds. The highest BCUT2D eigenvalue weighted by atomic mass is 19.1. The fourth-order valence-corrected chi connectivity index (χ4v) is 2.58. The predicted molar refractivity (Wildman–Crippen MR) is 69.8 cm³/mol. The van der Waals surface area contributed by atoms with Crippen molar-refractivity contribution in [3.05, 3.63) is 35.4 Å². The van der Waals surface area contributed by atoms with E-state index in [9.17, 15) is 13.9 Å². The summed E-state index contributed by atoms with van der Waals surface area (Å²) in [5, 5.41) is 12.5. The summed E-state index contributed by atoms with van der Waals surface area (Å²) in [4.78, 5) is 2.17. The standard InChI is InChI=1S/C14H20F2N2O/c1-17-14(3-5-18-4-2-13(19)9-18)10-6-11(15)8-12(16)7-10/h6-8,13-14,17,19H,2-5,9H2,1H3. The van der Waals surface area contributed by atoms with Gasteiger partial charge in [-0.1, -0.05) is 0 Å². The van der Waals surface area contributed by atoms with Crippen LogP contribution in [-0.2, 0) is 0 Å². The number of hydrogen-bond donors (Lipinski definition) is 2. The van der Waals surface area contributed by atoms with Gasteiger partial charge in [0.05, 0.1) is 6.10 Å². The van der Waals surface area contributed by atoms with Crippen LogP contribution in [0.25, 0.3) is 0 Å². The van der Waals surface area contributed by atoms with Gasteiger partial charge in [0.2, 0.25) is 0 Å². The first kappa shape index (κ1) is 14.4. The van der Waals surface area contributed by atoms with Gasteiger partial charge in [-0.05, 0) is 37.6 Å². The molecular weight excluding hydrogens is 250 g/mol. The lowest BCUT2D eigenvalue weighted by Crippen LogP contribution is -2.27. The van der Waals surface area contributed by atoms with Crippen molar-refractivity contribution < 1.29 is 13.9 Å². The zero-order chi connectivity index (χ0) is 13.8. The number of likely N-dealkylation sites (tertiary alicyclic amines) is 1. The lowest BCUT2D eigenvalue weighted by Gasteiger charge is -2.21. The molecule has 106 valence electrons. The van der Waals surface area contributed by atoms with Crippen molar-refractivity contribution in [2.24, 2.45) is 0 Å². The fourth-order valence-electron chi connectivity index (χ4n) is 2.58. The zero-order valence-corrected chi connectivity index (χ0v) is 11.1. The Hall–Kier alpha value is -1.04. The van der Waals surface area contributed by atoms with E-state index in [1.54, 1.807) is 7.05 Å². The van der Waals surface area contributed by atoms with E-state index in [-0.39, 0.29) is 12.1 Å². The van der Waals surface area contributed by atoms with Crippen LogP contribution in [0.2, 0.25) is 0 Å². The van der Waals surface area contributed by atoms with Gasteiger partial charge in [-0.2, -0.15) is 0 Å². The van der Waals surface area contributed by atoms with Crippen molar-refractivity contribution in [1.29, 1.82) is 0 Å². The molecule has 5 heteroatoms. The van der Waals surface area contributed by atoms with Gasteiger partial charge in [0, 0.05) is 31.7 Å². The van der Waals surface area contributed by atoms with Gasteiger partial charge < -0.3 is 15.3 Å². The summed E-state index contributed by atoms with van der Waals surface area (Å²) in [6.07, 6.45) is 1.32. The largest absolute Gasteiger partial charge is 0.392 e. The summed E-state index contributed by atoms with van der Waals surface area (Å²) in [6.45, 7) is 2.38. The Bertz CT molecular complexity index is 408. The monoisotopic (exact) mass is 270 g/mol. The number of benzene rings is 1. The Morgan fingerprint density at radius 3 is 2.58 bits per heavy atom. The SMILES string of the molecule is CNC(CCN1CCC(O)C1)c1cc(F)cc(F)c1. The molecule has 1 aromatic carbocycles. The highest BCUT2D eigenvalue weighted by Crippen LogP contribution is 2.20. The summed E-state index contributed by atoms with van der Waals surface area (Å²) in [6, 6.07) is 3.53. The minimum Gasteiger partial charge on any atom is -0.392 e. The van der Waals surface area contributed by atoms with E-state index >= 15 is 0 Å². The van der Waals surface area contributed by atoms with Crippen molar-refractivity contribution in [3.63, 3.8) is 0 Å². The summed E-state index contributed by atoms with van der Waals surface area (Å²) >= 11 is 0. The second kappa shape index (κ2) is 6.41. The Labute approximate surface area is 112 Å². The Morgan fingerprint density at radius 2 is 2.05 bits per heavy atom. The third-order valence-corrected chi connectivity index (χ3v) is 3.62. The maximum absolute atomic E-state index is 13.2. The van der Waals surface area contributed by atoms with Crippen molar-refractivity contribution in [1.82, 2.24) is 10.2 Å². The molecule has 3 nitrogen and oxygen atoms in total. The van der Waals surface area contributed by atoms with Gasteiger partial charge in [-0.3, -0.25) is 0 Å². The zero-order valence-electron chi connectivity index (χ0n) is 11.1. The molecular formula is C14H20F2N2O. The molecule has 2 rings (SSSR count). The van der Waals surface area contributed by atoms with E-state index in [1.807, 2.05) is 0 Å². The van der Waals surface area contributed by atoms with Crippen LogP contribution >= 0.6 is 0 Å². The molecule has 0 bridgehead atoms. The van der Waals surface area contributed by atoms with Gasteiger partial charge in [0.1, 0.15) is 11.6 Å². The Morgan fingerprint density at radius 1 is 1.37 bits per heavy atom. The summed E-state index contributed by atoms with van der Waals surface area (Å²) < 4.78 is 26.4. The average molecular weight is 270 g/mol. The van der Waals surface area contributed by atoms with Gasteiger partial charge in [-0.25, -0.2) is 8.78 Å². The number of hydrogen-bond acceptors (Lipinski definition) is 3. The molecule has 0 saturated carbocycles. The Balaban J connectivity index is 1.95. The van der Waals surface area contributed by atoms with E-state index in [0.717, 1.165) is 32.0 Å². The van der Waals surface area contributed by atoms with Crippen molar-refractivity contribution in [2.45, 2.75) is 25.0 Å². The van der Waals surface area contributed by atoms with Crippen LogP contribution in [0.15, 0.2) is 18.2 Å². The lowest BCUT2D eigenvalue weighted by atomic mass is 10.0. The summed E-state index contributed by atoms with van der Waals surface area (Å²) in [5.74, 6) is -1.10. The van der Waals surface area contributed by atoms with E-state index < -0.39 is 11.6 Å². The summed E-state index contributed by atoms with van der Waals surface area (Å²) in [5.41, 5.74) is 0.625. The molecule has 2 N–H and O–H groups in total. The number of β-amino-alcohol motifs (C(OH)–C–C–N with tert-alkyl or cyclic N) is 1. The Kier molecular flexibility index (Phi) is 4.85. The van der Waals surface area contributed by atoms with E-state index in [0.29, 0.717) is 12.1 Å². The molecule has 1 aromatic rings. The third kappa shape index (κ3) is 3.96.